The highest BCUT2D eigenvalue weighted by molar-refractivity contribution is 5.86. The summed E-state index contributed by atoms with van der Waals surface area (Å²) in [6, 6.07) is 10.2. The van der Waals surface area contributed by atoms with Gasteiger partial charge in [0.05, 0.1) is 13.3 Å². The third-order valence-electron chi connectivity index (χ3n) is 3.39. The topological polar surface area (TPSA) is 69.2 Å². The number of hydrazone groups is 1. The highest BCUT2D eigenvalue weighted by Crippen LogP contribution is 2.31. The maximum absolute atomic E-state index is 12.6. The van der Waals surface area contributed by atoms with Gasteiger partial charge in [0, 0.05) is 5.56 Å². The summed E-state index contributed by atoms with van der Waals surface area (Å²) in [5.41, 5.74) is 4.54. The summed E-state index contributed by atoms with van der Waals surface area (Å²) in [5.74, 6) is 0.0416. The van der Waals surface area contributed by atoms with Crippen molar-refractivity contribution < 1.29 is 27.8 Å². The van der Waals surface area contributed by atoms with Gasteiger partial charge < -0.3 is 14.2 Å². The number of para-hydroxylation sites is 1. The molecule has 0 aromatic heterocycles. The number of nitrogens with one attached hydrogen (secondary N) is 1. The third-order valence-corrected chi connectivity index (χ3v) is 3.39. The maximum atomic E-state index is 12.6. The number of methoxy groups -OCH3 is 1. The van der Waals surface area contributed by atoms with Crippen LogP contribution in [0.25, 0.3) is 0 Å². The van der Waals surface area contributed by atoms with Crippen LogP contribution in [-0.2, 0) is 4.79 Å². The number of benzene rings is 2. The minimum absolute atomic E-state index is 0.128. The smallest absolute Gasteiger partial charge is 0.387 e. The number of amides is 1. The third kappa shape index (κ3) is 6.25. The molecular weight excluding hydrogens is 358 g/mol. The van der Waals surface area contributed by atoms with Crippen molar-refractivity contribution in [3.63, 3.8) is 0 Å². The summed E-state index contributed by atoms with van der Waals surface area (Å²) < 4.78 is 40.0. The summed E-state index contributed by atoms with van der Waals surface area (Å²) >= 11 is 0. The molecule has 0 spiro atoms. The quantitative estimate of drug-likeness (QED) is 0.564. The molecule has 0 aliphatic heterocycles. The van der Waals surface area contributed by atoms with Crippen molar-refractivity contribution in [3.8, 4) is 17.2 Å². The van der Waals surface area contributed by atoms with E-state index in [0.717, 1.165) is 11.1 Å². The number of halogens is 2. The first-order valence-electron chi connectivity index (χ1n) is 8.04. The second-order valence-corrected chi connectivity index (χ2v) is 5.66. The molecule has 0 saturated heterocycles. The number of carbonyl (C=O) groups is 1. The fraction of sp³-hybridized carbons (Fsp3) is 0.263. The first-order chi connectivity index (χ1) is 12.9. The number of rotatable bonds is 8. The van der Waals surface area contributed by atoms with E-state index in [0.29, 0.717) is 5.75 Å². The van der Waals surface area contributed by atoms with Gasteiger partial charge in [-0.3, -0.25) is 4.79 Å². The van der Waals surface area contributed by atoms with E-state index in [1.165, 1.54) is 25.5 Å². The Balaban J connectivity index is 1.97. The van der Waals surface area contributed by atoms with Crippen molar-refractivity contribution in [1.29, 1.82) is 0 Å². The molecule has 1 amide bonds. The molecule has 0 unspecified atom stereocenters. The lowest BCUT2D eigenvalue weighted by molar-refractivity contribution is -0.123. The second-order valence-electron chi connectivity index (χ2n) is 5.66. The molecule has 0 heterocycles. The van der Waals surface area contributed by atoms with Gasteiger partial charge in [0.2, 0.25) is 0 Å². The first kappa shape index (κ1) is 20.2. The lowest BCUT2D eigenvalue weighted by Gasteiger charge is -2.12. The van der Waals surface area contributed by atoms with Crippen LogP contribution >= 0.6 is 0 Å². The number of hydrogen-bond acceptors (Lipinski definition) is 5. The average molecular weight is 378 g/mol. The highest BCUT2D eigenvalue weighted by Gasteiger charge is 2.14. The minimum atomic E-state index is -3.02. The normalized spacial score (nSPS) is 10.9. The molecule has 0 bridgehead atoms. The minimum Gasteiger partial charge on any atom is -0.493 e. The maximum Gasteiger partial charge on any atom is 0.387 e. The molecule has 2 aromatic rings. The van der Waals surface area contributed by atoms with Gasteiger partial charge in [-0.1, -0.05) is 12.1 Å². The van der Waals surface area contributed by atoms with E-state index in [9.17, 15) is 13.6 Å². The average Bonchev–Trinajstić information content (AvgIpc) is 2.60. The molecular formula is C19H20F2N2O4. The van der Waals surface area contributed by atoms with Crippen LogP contribution in [0.15, 0.2) is 41.5 Å². The molecule has 0 atom stereocenters. The molecule has 8 heteroatoms. The van der Waals surface area contributed by atoms with Crippen LogP contribution in [0.2, 0.25) is 0 Å². The van der Waals surface area contributed by atoms with E-state index in [1.807, 2.05) is 32.0 Å². The fourth-order valence-electron chi connectivity index (χ4n) is 2.38. The van der Waals surface area contributed by atoms with Crippen LogP contribution in [0, 0.1) is 13.8 Å². The van der Waals surface area contributed by atoms with Crippen molar-refractivity contribution in [2.24, 2.45) is 5.10 Å². The molecule has 0 radical (unpaired) electrons. The van der Waals surface area contributed by atoms with Gasteiger partial charge in [0.15, 0.2) is 18.1 Å². The van der Waals surface area contributed by atoms with Gasteiger partial charge in [-0.15, -0.1) is 0 Å². The van der Waals surface area contributed by atoms with Crippen LogP contribution in [0.4, 0.5) is 8.78 Å². The highest BCUT2D eigenvalue weighted by atomic mass is 19.3. The zero-order valence-electron chi connectivity index (χ0n) is 15.2. The van der Waals surface area contributed by atoms with E-state index in [-0.39, 0.29) is 23.7 Å². The second kappa shape index (κ2) is 9.51. The molecule has 0 aliphatic rings. The molecule has 6 nitrogen and oxygen atoms in total. The van der Waals surface area contributed by atoms with Crippen LogP contribution in [-0.4, -0.2) is 32.4 Å². The summed E-state index contributed by atoms with van der Waals surface area (Å²) in [6.45, 7) is 0.599. The fourth-order valence-corrected chi connectivity index (χ4v) is 2.38. The molecule has 0 fully saturated rings. The predicted octanol–water partition coefficient (Wildman–Crippen LogP) is 3.44. The number of hydrogen-bond donors (Lipinski definition) is 1. The lowest BCUT2D eigenvalue weighted by Crippen LogP contribution is -2.24. The van der Waals surface area contributed by atoms with E-state index in [4.69, 9.17) is 9.47 Å². The van der Waals surface area contributed by atoms with E-state index in [2.05, 4.69) is 15.3 Å². The van der Waals surface area contributed by atoms with Crippen molar-refractivity contribution in [2.75, 3.05) is 13.7 Å². The van der Waals surface area contributed by atoms with Gasteiger partial charge in [-0.05, 0) is 49.2 Å². The van der Waals surface area contributed by atoms with Gasteiger partial charge in [0.1, 0.15) is 5.75 Å². The van der Waals surface area contributed by atoms with Gasteiger partial charge >= 0.3 is 6.61 Å². The van der Waals surface area contributed by atoms with Crippen LogP contribution in [0.3, 0.4) is 0 Å². The Hall–Kier alpha value is -3.16. The Morgan fingerprint density at radius 2 is 1.93 bits per heavy atom. The summed E-state index contributed by atoms with van der Waals surface area (Å²) in [7, 11) is 1.33. The number of ether oxygens (including phenoxy) is 3. The summed E-state index contributed by atoms with van der Waals surface area (Å²) in [6.07, 6.45) is 1.19. The Morgan fingerprint density at radius 3 is 2.56 bits per heavy atom. The van der Waals surface area contributed by atoms with Gasteiger partial charge in [0.25, 0.3) is 5.91 Å². The Bertz CT molecular complexity index is 805. The summed E-state index contributed by atoms with van der Waals surface area (Å²) in [5, 5.41) is 3.75. The molecule has 0 aliphatic carbocycles. The molecule has 27 heavy (non-hydrogen) atoms. The van der Waals surface area contributed by atoms with Crippen LogP contribution < -0.4 is 19.6 Å². The largest absolute Gasteiger partial charge is 0.493 e. The predicted molar refractivity (Wildman–Crippen MR) is 96.8 cm³/mol. The van der Waals surface area contributed by atoms with Crippen molar-refractivity contribution in [2.45, 2.75) is 20.5 Å². The first-order valence-corrected chi connectivity index (χ1v) is 8.04. The van der Waals surface area contributed by atoms with Crippen molar-refractivity contribution >= 4 is 12.1 Å². The summed E-state index contributed by atoms with van der Waals surface area (Å²) in [4.78, 5) is 11.8. The number of carbonyl (C=O) groups excluding carboxylic acids is 1. The molecule has 144 valence electrons. The van der Waals surface area contributed by atoms with Crippen molar-refractivity contribution in [3.05, 3.63) is 53.1 Å². The van der Waals surface area contributed by atoms with E-state index < -0.39 is 12.5 Å². The van der Waals surface area contributed by atoms with E-state index >= 15 is 0 Å². The van der Waals surface area contributed by atoms with Gasteiger partial charge in [-0.25, -0.2) is 5.43 Å². The molecule has 2 aromatic carbocycles. The Morgan fingerprint density at radius 1 is 1.22 bits per heavy atom. The van der Waals surface area contributed by atoms with Crippen LogP contribution in [0.5, 0.6) is 17.2 Å². The number of nitrogens with zero attached hydrogens (tertiary/aromatic N) is 1. The van der Waals surface area contributed by atoms with Crippen LogP contribution in [0.1, 0.15) is 16.7 Å². The number of aryl methyl sites for hydroxylation is 2. The zero-order chi connectivity index (χ0) is 19.8. The Kier molecular flexibility index (Phi) is 7.10. The van der Waals surface area contributed by atoms with Gasteiger partial charge in [-0.2, -0.15) is 13.9 Å². The Labute approximate surface area is 155 Å². The molecule has 2 rings (SSSR count). The number of alkyl halides is 2. The van der Waals surface area contributed by atoms with Crippen molar-refractivity contribution in [1.82, 2.24) is 5.43 Å². The monoisotopic (exact) mass is 378 g/mol. The van der Waals surface area contributed by atoms with E-state index in [1.54, 1.807) is 6.07 Å². The zero-order valence-corrected chi connectivity index (χ0v) is 15.2. The molecule has 1 N–H and O–H groups in total. The lowest BCUT2D eigenvalue weighted by atomic mass is 10.1. The SMILES string of the molecule is COc1cccc(/C=N\NC(=O)COc2cc(C)cc(C)c2)c1OC(F)F. The standard InChI is InChI=1S/C19H20F2N2O4/c1-12-7-13(2)9-15(8-12)26-11-17(24)23-22-10-14-5-4-6-16(25-3)18(14)27-19(20)21/h4-10,19H,11H2,1-3H3,(H,23,24)/b22-10-. The molecule has 0 saturated carbocycles.